The summed E-state index contributed by atoms with van der Waals surface area (Å²) < 4.78 is 0. The van der Waals surface area contributed by atoms with E-state index in [0.717, 1.165) is 5.01 Å². The Kier molecular flexibility index (Phi) is 3.30. The van der Waals surface area contributed by atoms with Gasteiger partial charge in [-0.3, -0.25) is 4.98 Å². The Hall–Kier alpha value is -0.970. The third-order valence-corrected chi connectivity index (χ3v) is 3.13. The fourth-order valence-corrected chi connectivity index (χ4v) is 2.19. The van der Waals surface area contributed by atoms with Crippen LogP contribution in [0.25, 0.3) is 0 Å². The number of pyridine rings is 1. The Labute approximate surface area is 96.4 Å². The minimum absolute atomic E-state index is 0.488. The molecule has 0 amide bonds. The van der Waals surface area contributed by atoms with E-state index in [1.54, 1.807) is 18.5 Å². The van der Waals surface area contributed by atoms with Crippen molar-refractivity contribution in [2.45, 2.75) is 12.5 Å². The van der Waals surface area contributed by atoms with Gasteiger partial charge in [-0.15, -0.1) is 11.3 Å². The van der Waals surface area contributed by atoms with Crippen LogP contribution in [0.4, 0.5) is 0 Å². The molecule has 1 N–H and O–H groups in total. The lowest BCUT2D eigenvalue weighted by atomic mass is 10.1. The second-order valence-corrected chi connectivity index (χ2v) is 4.43. The van der Waals surface area contributed by atoms with Crippen molar-refractivity contribution in [2.75, 3.05) is 0 Å². The molecule has 1 unspecified atom stereocenters. The molecule has 2 aromatic heterocycles. The lowest BCUT2D eigenvalue weighted by Gasteiger charge is -2.10. The number of halogens is 1. The van der Waals surface area contributed by atoms with E-state index in [4.69, 9.17) is 11.6 Å². The summed E-state index contributed by atoms with van der Waals surface area (Å²) in [5.41, 5.74) is 0.696. The number of aliphatic hydroxyl groups is 1. The van der Waals surface area contributed by atoms with Crippen LogP contribution < -0.4 is 0 Å². The van der Waals surface area contributed by atoms with Crippen LogP contribution in [0.3, 0.4) is 0 Å². The number of aliphatic hydroxyl groups excluding tert-OH is 1. The van der Waals surface area contributed by atoms with E-state index in [-0.39, 0.29) is 0 Å². The molecule has 0 aliphatic heterocycles. The Bertz CT molecular complexity index is 433. The molecule has 2 heterocycles. The summed E-state index contributed by atoms with van der Waals surface area (Å²) in [6, 6.07) is 1.72. The summed E-state index contributed by atoms with van der Waals surface area (Å²) in [5, 5.41) is 13.2. The summed E-state index contributed by atoms with van der Waals surface area (Å²) >= 11 is 7.44. The maximum atomic E-state index is 9.93. The number of thiazole rings is 1. The monoisotopic (exact) mass is 240 g/mol. The second-order valence-electron chi connectivity index (χ2n) is 3.04. The summed E-state index contributed by atoms with van der Waals surface area (Å²) in [6.07, 6.45) is 4.74. The zero-order valence-corrected chi connectivity index (χ0v) is 9.37. The smallest absolute Gasteiger partial charge is 0.0954 e. The van der Waals surface area contributed by atoms with Crippen LogP contribution in [0.15, 0.2) is 30.0 Å². The van der Waals surface area contributed by atoms with Crippen LogP contribution in [-0.2, 0) is 6.42 Å². The zero-order chi connectivity index (χ0) is 10.7. The molecule has 3 nitrogen and oxygen atoms in total. The molecular formula is C10H9ClN2OS. The molecule has 0 bridgehead atoms. The van der Waals surface area contributed by atoms with Crippen LogP contribution in [0.2, 0.25) is 5.02 Å². The molecule has 2 aromatic rings. The van der Waals surface area contributed by atoms with Crippen molar-refractivity contribution in [3.05, 3.63) is 45.6 Å². The predicted octanol–water partition coefficient (Wildman–Crippen LogP) is 2.47. The molecule has 15 heavy (non-hydrogen) atoms. The van der Waals surface area contributed by atoms with Gasteiger partial charge in [0.15, 0.2) is 0 Å². The number of rotatable bonds is 3. The van der Waals surface area contributed by atoms with Crippen molar-refractivity contribution < 1.29 is 5.11 Å². The summed E-state index contributed by atoms with van der Waals surface area (Å²) in [7, 11) is 0. The Morgan fingerprint density at radius 2 is 2.33 bits per heavy atom. The number of aromatic nitrogens is 2. The summed E-state index contributed by atoms with van der Waals surface area (Å²) in [6.45, 7) is 0. The standard InChI is InChI=1S/C10H9ClN2OS/c11-8-6-12-2-1-7(8)9(14)5-10-13-3-4-15-10/h1-4,6,9,14H,5H2. The molecule has 0 aliphatic carbocycles. The lowest BCUT2D eigenvalue weighted by molar-refractivity contribution is 0.178. The maximum absolute atomic E-state index is 9.93. The van der Waals surface area contributed by atoms with E-state index in [0.29, 0.717) is 17.0 Å². The van der Waals surface area contributed by atoms with E-state index in [1.165, 1.54) is 17.5 Å². The van der Waals surface area contributed by atoms with Gasteiger partial charge in [0.2, 0.25) is 0 Å². The minimum Gasteiger partial charge on any atom is -0.388 e. The number of nitrogens with zero attached hydrogens (tertiary/aromatic N) is 2. The molecule has 0 radical (unpaired) electrons. The average molecular weight is 241 g/mol. The third-order valence-electron chi connectivity index (χ3n) is 2.01. The highest BCUT2D eigenvalue weighted by Gasteiger charge is 2.13. The molecule has 0 fully saturated rings. The molecule has 0 saturated heterocycles. The highest BCUT2D eigenvalue weighted by Crippen LogP contribution is 2.24. The van der Waals surface area contributed by atoms with Gasteiger partial charge in [-0.05, 0) is 6.07 Å². The lowest BCUT2D eigenvalue weighted by Crippen LogP contribution is -2.02. The van der Waals surface area contributed by atoms with Crippen molar-refractivity contribution in [1.82, 2.24) is 9.97 Å². The van der Waals surface area contributed by atoms with Crippen LogP contribution >= 0.6 is 22.9 Å². The molecule has 0 aromatic carbocycles. The molecule has 78 valence electrons. The van der Waals surface area contributed by atoms with Gasteiger partial charge < -0.3 is 5.11 Å². The van der Waals surface area contributed by atoms with Gasteiger partial charge in [-0.2, -0.15) is 0 Å². The van der Waals surface area contributed by atoms with Crippen LogP contribution in [-0.4, -0.2) is 15.1 Å². The van der Waals surface area contributed by atoms with Crippen molar-refractivity contribution in [2.24, 2.45) is 0 Å². The molecule has 0 spiro atoms. The van der Waals surface area contributed by atoms with Crippen LogP contribution in [0, 0.1) is 0 Å². The summed E-state index contributed by atoms with van der Waals surface area (Å²) in [4.78, 5) is 7.98. The van der Waals surface area contributed by atoms with E-state index in [1.807, 2.05) is 5.38 Å². The fourth-order valence-electron chi connectivity index (χ4n) is 1.29. The first-order chi connectivity index (χ1) is 7.27. The highest BCUT2D eigenvalue weighted by atomic mass is 35.5. The Morgan fingerprint density at radius 1 is 1.47 bits per heavy atom. The third kappa shape index (κ3) is 2.53. The topological polar surface area (TPSA) is 46.0 Å². The Balaban J connectivity index is 2.15. The first kappa shape index (κ1) is 10.5. The van der Waals surface area contributed by atoms with Gasteiger partial charge in [-0.25, -0.2) is 4.98 Å². The Morgan fingerprint density at radius 3 is 3.00 bits per heavy atom. The van der Waals surface area contributed by atoms with Gasteiger partial charge >= 0.3 is 0 Å². The first-order valence-electron chi connectivity index (χ1n) is 4.43. The largest absolute Gasteiger partial charge is 0.388 e. The average Bonchev–Trinajstić information content (AvgIpc) is 2.71. The molecule has 0 aliphatic rings. The maximum Gasteiger partial charge on any atom is 0.0954 e. The van der Waals surface area contributed by atoms with Crippen molar-refractivity contribution in [3.63, 3.8) is 0 Å². The normalized spacial score (nSPS) is 12.7. The van der Waals surface area contributed by atoms with Gasteiger partial charge in [0.05, 0.1) is 16.1 Å². The summed E-state index contributed by atoms with van der Waals surface area (Å²) in [5.74, 6) is 0. The molecule has 1 atom stereocenters. The minimum atomic E-state index is -0.619. The van der Waals surface area contributed by atoms with Crippen LogP contribution in [0.5, 0.6) is 0 Å². The highest BCUT2D eigenvalue weighted by molar-refractivity contribution is 7.09. The van der Waals surface area contributed by atoms with Gasteiger partial charge in [0, 0.05) is 36.0 Å². The predicted molar refractivity (Wildman–Crippen MR) is 60.0 cm³/mol. The zero-order valence-electron chi connectivity index (χ0n) is 7.80. The van der Waals surface area contributed by atoms with E-state index < -0.39 is 6.10 Å². The first-order valence-corrected chi connectivity index (χ1v) is 5.69. The quantitative estimate of drug-likeness (QED) is 0.897. The number of hydrogen-bond acceptors (Lipinski definition) is 4. The van der Waals surface area contributed by atoms with Crippen LogP contribution in [0.1, 0.15) is 16.7 Å². The van der Waals surface area contributed by atoms with Crippen molar-refractivity contribution in [1.29, 1.82) is 0 Å². The van der Waals surface area contributed by atoms with Gasteiger partial charge in [0.25, 0.3) is 0 Å². The number of hydrogen-bond donors (Lipinski definition) is 1. The van der Waals surface area contributed by atoms with Crippen molar-refractivity contribution >= 4 is 22.9 Å². The molecular weight excluding hydrogens is 232 g/mol. The molecule has 5 heteroatoms. The van der Waals surface area contributed by atoms with E-state index >= 15 is 0 Å². The van der Waals surface area contributed by atoms with Gasteiger partial charge in [-0.1, -0.05) is 11.6 Å². The SMILES string of the molecule is OC(Cc1nccs1)c1ccncc1Cl. The van der Waals surface area contributed by atoms with Gasteiger partial charge in [0.1, 0.15) is 0 Å². The molecule has 2 rings (SSSR count). The van der Waals surface area contributed by atoms with Crippen molar-refractivity contribution in [3.8, 4) is 0 Å². The van der Waals surface area contributed by atoms with E-state index in [2.05, 4.69) is 9.97 Å². The van der Waals surface area contributed by atoms with E-state index in [9.17, 15) is 5.11 Å². The fraction of sp³-hybridized carbons (Fsp3) is 0.200. The second kappa shape index (κ2) is 4.70. The molecule has 0 saturated carbocycles.